The minimum Gasteiger partial charge on any atom is -0.348 e. The molecule has 0 radical (unpaired) electrons. The smallest absolute Gasteiger partial charge is 0.253 e. The van der Waals surface area contributed by atoms with Crippen molar-refractivity contribution in [3.63, 3.8) is 0 Å². The van der Waals surface area contributed by atoms with Gasteiger partial charge in [0.2, 0.25) is 11.8 Å². The lowest BCUT2D eigenvalue weighted by Gasteiger charge is -2.17. The summed E-state index contributed by atoms with van der Waals surface area (Å²) in [7, 11) is 0. The number of hydrogen-bond acceptors (Lipinski definition) is 3. The maximum absolute atomic E-state index is 13.1. The van der Waals surface area contributed by atoms with Gasteiger partial charge in [0.25, 0.3) is 5.91 Å². The van der Waals surface area contributed by atoms with E-state index in [1.807, 2.05) is 24.3 Å². The molecule has 4 rings (SSSR count). The van der Waals surface area contributed by atoms with Crippen LogP contribution in [0.15, 0.2) is 72.8 Å². The molecule has 0 aliphatic carbocycles. The quantitative estimate of drug-likeness (QED) is 0.553. The average molecular weight is 460 g/mol. The monoisotopic (exact) mass is 459 g/mol. The van der Waals surface area contributed by atoms with E-state index >= 15 is 0 Å². The number of amides is 3. The van der Waals surface area contributed by atoms with E-state index < -0.39 is 5.92 Å². The van der Waals surface area contributed by atoms with Gasteiger partial charge in [-0.25, -0.2) is 4.39 Å². The highest BCUT2D eigenvalue weighted by Crippen LogP contribution is 2.27. The first-order chi connectivity index (χ1) is 16.4. The van der Waals surface area contributed by atoms with Gasteiger partial charge < -0.3 is 15.5 Å². The molecule has 6 nitrogen and oxygen atoms in total. The lowest BCUT2D eigenvalue weighted by molar-refractivity contribution is -0.122. The van der Waals surface area contributed by atoms with Crippen molar-refractivity contribution >= 4 is 29.1 Å². The van der Waals surface area contributed by atoms with Gasteiger partial charge in [-0.1, -0.05) is 43.3 Å². The van der Waals surface area contributed by atoms with E-state index in [1.165, 1.54) is 17.7 Å². The van der Waals surface area contributed by atoms with Crippen LogP contribution >= 0.6 is 0 Å². The maximum Gasteiger partial charge on any atom is 0.253 e. The van der Waals surface area contributed by atoms with Gasteiger partial charge in [-0.15, -0.1) is 0 Å². The topological polar surface area (TPSA) is 78.5 Å². The lowest BCUT2D eigenvalue weighted by Crippen LogP contribution is -2.29. The number of carbonyl (C=O) groups excluding carboxylic acids is 3. The second kappa shape index (κ2) is 10.3. The van der Waals surface area contributed by atoms with Crippen molar-refractivity contribution in [2.24, 2.45) is 5.92 Å². The Kier molecular flexibility index (Phi) is 7.01. The number of anilines is 2. The summed E-state index contributed by atoms with van der Waals surface area (Å²) in [5.41, 5.74) is 3.40. The molecule has 2 N–H and O–H groups in total. The van der Waals surface area contributed by atoms with E-state index in [4.69, 9.17) is 0 Å². The number of rotatable bonds is 7. The van der Waals surface area contributed by atoms with Crippen molar-refractivity contribution in [1.29, 1.82) is 0 Å². The number of aryl methyl sites for hydroxylation is 1. The predicted octanol–water partition coefficient (Wildman–Crippen LogP) is 4.31. The van der Waals surface area contributed by atoms with Crippen LogP contribution in [-0.4, -0.2) is 24.3 Å². The van der Waals surface area contributed by atoms with Crippen LogP contribution in [0.5, 0.6) is 0 Å². The molecule has 1 heterocycles. The molecule has 0 bridgehead atoms. The normalized spacial score (nSPS) is 15.3. The number of benzene rings is 3. The first kappa shape index (κ1) is 23.2. The van der Waals surface area contributed by atoms with Gasteiger partial charge in [-0.05, 0) is 53.9 Å². The molecule has 7 heteroatoms. The third kappa shape index (κ3) is 5.31. The van der Waals surface area contributed by atoms with Crippen LogP contribution in [0.2, 0.25) is 0 Å². The highest BCUT2D eigenvalue weighted by Gasteiger charge is 2.35. The fourth-order valence-corrected chi connectivity index (χ4v) is 3.95. The van der Waals surface area contributed by atoms with Crippen molar-refractivity contribution in [3.8, 4) is 0 Å². The van der Waals surface area contributed by atoms with Crippen molar-refractivity contribution in [2.75, 3.05) is 16.8 Å². The van der Waals surface area contributed by atoms with E-state index in [-0.39, 0.29) is 43.0 Å². The van der Waals surface area contributed by atoms with E-state index in [9.17, 15) is 18.8 Å². The third-order valence-corrected chi connectivity index (χ3v) is 5.95. The summed E-state index contributed by atoms with van der Waals surface area (Å²) in [6.45, 7) is 2.58. The van der Waals surface area contributed by atoms with Gasteiger partial charge in [0.15, 0.2) is 0 Å². The number of halogens is 1. The molecule has 3 aromatic rings. The Bertz CT molecular complexity index is 1190. The van der Waals surface area contributed by atoms with Crippen LogP contribution in [-0.2, 0) is 22.6 Å². The van der Waals surface area contributed by atoms with Gasteiger partial charge in [0.05, 0.1) is 17.2 Å². The molecule has 3 amide bonds. The number of nitrogens with one attached hydrogen (secondary N) is 2. The molecule has 3 aromatic carbocycles. The molecule has 0 aromatic heterocycles. The first-order valence-corrected chi connectivity index (χ1v) is 11.3. The van der Waals surface area contributed by atoms with E-state index in [0.29, 0.717) is 11.3 Å². The summed E-state index contributed by atoms with van der Waals surface area (Å²) in [6.07, 6.45) is 1.02. The van der Waals surface area contributed by atoms with Crippen LogP contribution in [0.3, 0.4) is 0 Å². The number of carbonyl (C=O) groups is 3. The molecule has 1 fully saturated rings. The second-order valence-electron chi connectivity index (χ2n) is 8.27. The molecule has 1 atom stereocenters. The Morgan fingerprint density at radius 1 is 0.971 bits per heavy atom. The molecular formula is C27H26FN3O3. The van der Waals surface area contributed by atoms with Crippen LogP contribution in [0.1, 0.15) is 34.8 Å². The van der Waals surface area contributed by atoms with Gasteiger partial charge >= 0.3 is 0 Å². The molecule has 1 aliphatic rings. The summed E-state index contributed by atoms with van der Waals surface area (Å²) in [5, 5.41) is 5.61. The Labute approximate surface area is 197 Å². The summed E-state index contributed by atoms with van der Waals surface area (Å²) in [4.78, 5) is 39.9. The first-order valence-electron chi connectivity index (χ1n) is 11.3. The molecule has 34 heavy (non-hydrogen) atoms. The fraction of sp³-hybridized carbons (Fsp3) is 0.222. The fourth-order valence-electron chi connectivity index (χ4n) is 3.95. The Balaban J connectivity index is 1.40. The van der Waals surface area contributed by atoms with E-state index in [0.717, 1.165) is 17.7 Å². The van der Waals surface area contributed by atoms with Crippen LogP contribution in [0.25, 0.3) is 0 Å². The van der Waals surface area contributed by atoms with Crippen molar-refractivity contribution < 1.29 is 18.8 Å². The molecule has 1 saturated heterocycles. The van der Waals surface area contributed by atoms with E-state index in [2.05, 4.69) is 17.6 Å². The minimum atomic E-state index is -0.520. The standard InChI is InChI=1S/C27H26FN3O3/c1-2-18-9-13-22(14-10-18)31-17-20(15-25(31)32)26(33)30-24-6-4-3-5-23(24)27(34)29-16-19-7-11-21(28)12-8-19/h3-14,20H,2,15-17H2,1H3,(H,29,34)(H,30,33)/t20-/m0/s1. The minimum absolute atomic E-state index is 0.102. The zero-order valence-electron chi connectivity index (χ0n) is 18.9. The molecular weight excluding hydrogens is 433 g/mol. The largest absolute Gasteiger partial charge is 0.348 e. The zero-order chi connectivity index (χ0) is 24.1. The molecule has 0 saturated carbocycles. The summed E-state index contributed by atoms with van der Waals surface area (Å²) < 4.78 is 13.1. The van der Waals surface area contributed by atoms with Crippen LogP contribution in [0, 0.1) is 11.7 Å². The van der Waals surface area contributed by atoms with Gasteiger partial charge in [0, 0.05) is 25.2 Å². The zero-order valence-corrected chi connectivity index (χ0v) is 18.9. The number of para-hydroxylation sites is 1. The van der Waals surface area contributed by atoms with E-state index in [1.54, 1.807) is 41.3 Å². The number of nitrogens with zero attached hydrogens (tertiary/aromatic N) is 1. The highest BCUT2D eigenvalue weighted by atomic mass is 19.1. The van der Waals surface area contributed by atoms with Crippen molar-refractivity contribution in [3.05, 3.63) is 95.3 Å². The van der Waals surface area contributed by atoms with Crippen LogP contribution in [0.4, 0.5) is 15.8 Å². The maximum atomic E-state index is 13.1. The van der Waals surface area contributed by atoms with Gasteiger partial charge in [-0.3, -0.25) is 14.4 Å². The summed E-state index contributed by atoms with van der Waals surface area (Å²) >= 11 is 0. The van der Waals surface area contributed by atoms with Gasteiger partial charge in [0.1, 0.15) is 5.82 Å². The molecule has 174 valence electrons. The second-order valence-corrected chi connectivity index (χ2v) is 8.27. The highest BCUT2D eigenvalue weighted by molar-refractivity contribution is 6.07. The Morgan fingerprint density at radius 3 is 2.35 bits per heavy atom. The van der Waals surface area contributed by atoms with Crippen molar-refractivity contribution in [1.82, 2.24) is 5.32 Å². The average Bonchev–Trinajstić information content (AvgIpc) is 3.25. The van der Waals surface area contributed by atoms with Crippen LogP contribution < -0.4 is 15.5 Å². The predicted molar refractivity (Wildman–Crippen MR) is 129 cm³/mol. The SMILES string of the molecule is CCc1ccc(N2C[C@@H](C(=O)Nc3ccccc3C(=O)NCc3ccc(F)cc3)CC2=O)cc1. The Morgan fingerprint density at radius 2 is 1.65 bits per heavy atom. The molecule has 0 spiro atoms. The van der Waals surface area contributed by atoms with Gasteiger partial charge in [-0.2, -0.15) is 0 Å². The van der Waals surface area contributed by atoms with Crippen molar-refractivity contribution in [2.45, 2.75) is 26.3 Å². The summed E-state index contributed by atoms with van der Waals surface area (Å²) in [6, 6.07) is 20.4. The molecule has 0 unspecified atom stereocenters. The summed E-state index contributed by atoms with van der Waals surface area (Å²) in [5.74, 6) is -1.63. The lowest BCUT2D eigenvalue weighted by atomic mass is 10.1. The molecule has 1 aliphatic heterocycles. The third-order valence-electron chi connectivity index (χ3n) is 5.95. The number of hydrogen-bond donors (Lipinski definition) is 2. The Hall–Kier alpha value is -4.00.